The molecule has 0 bridgehead atoms. The molecule has 1 aromatic carbocycles. The summed E-state index contributed by atoms with van der Waals surface area (Å²) in [6.07, 6.45) is 6.96. The number of amides is 1. The van der Waals surface area contributed by atoms with E-state index < -0.39 is 5.97 Å². The molecule has 1 amide bonds. The van der Waals surface area contributed by atoms with Gasteiger partial charge < -0.3 is 19.5 Å². The summed E-state index contributed by atoms with van der Waals surface area (Å²) in [5.41, 5.74) is 2.05. The molecule has 7 heteroatoms. The number of anilines is 1. The van der Waals surface area contributed by atoms with Crippen LogP contribution >= 0.6 is 0 Å². The maximum atomic E-state index is 12.5. The minimum Gasteiger partial charge on any atom is -0.495 e. The maximum Gasteiger partial charge on any atom is 0.335 e. The molecule has 0 saturated carbocycles. The fourth-order valence-electron chi connectivity index (χ4n) is 3.55. The van der Waals surface area contributed by atoms with Crippen molar-refractivity contribution in [2.45, 2.75) is 27.2 Å². The molecule has 33 heavy (non-hydrogen) atoms. The number of carboxylic acids is 1. The lowest BCUT2D eigenvalue weighted by molar-refractivity contribution is -0.122. The van der Waals surface area contributed by atoms with Crippen LogP contribution in [0.25, 0.3) is 0 Å². The number of likely N-dealkylation sites (N-methyl/N-ethyl adjacent to an activating group) is 1. The van der Waals surface area contributed by atoms with Crippen molar-refractivity contribution in [1.82, 2.24) is 4.90 Å². The first kappa shape index (κ1) is 26.4. The monoisotopic (exact) mass is 456 g/mol. The molecule has 1 aliphatic rings. The van der Waals surface area contributed by atoms with Crippen LogP contribution in [0.15, 0.2) is 60.4 Å². The molecule has 1 atom stereocenters. The van der Waals surface area contributed by atoms with E-state index in [-0.39, 0.29) is 24.0 Å². The lowest BCUT2D eigenvalue weighted by Crippen LogP contribution is -2.36. The van der Waals surface area contributed by atoms with Gasteiger partial charge in [0, 0.05) is 24.7 Å². The zero-order valence-corrected chi connectivity index (χ0v) is 20.0. The highest BCUT2D eigenvalue weighted by atomic mass is 16.5. The quantitative estimate of drug-likeness (QED) is 0.376. The Morgan fingerprint density at radius 2 is 2.03 bits per heavy atom. The molecule has 0 aliphatic carbocycles. The zero-order chi connectivity index (χ0) is 24.2. The van der Waals surface area contributed by atoms with Gasteiger partial charge in [-0.15, -0.1) is 0 Å². The maximum absolute atomic E-state index is 12.5. The minimum atomic E-state index is -0.983. The second-order valence-corrected chi connectivity index (χ2v) is 8.10. The number of hydrogen-bond donors (Lipinski definition) is 1. The van der Waals surface area contributed by atoms with E-state index >= 15 is 0 Å². The third-order valence-electron chi connectivity index (χ3n) is 5.58. The molecule has 1 fully saturated rings. The van der Waals surface area contributed by atoms with Crippen LogP contribution in [0.1, 0.15) is 37.6 Å². The van der Waals surface area contributed by atoms with Crippen molar-refractivity contribution in [2.75, 3.05) is 50.9 Å². The highest BCUT2D eigenvalue weighted by molar-refractivity contribution is 5.95. The summed E-state index contributed by atoms with van der Waals surface area (Å²) in [5, 5.41) is 9.10. The average molecular weight is 457 g/mol. The minimum absolute atomic E-state index is 0.0377. The molecule has 0 spiro atoms. The van der Waals surface area contributed by atoms with E-state index in [9.17, 15) is 9.59 Å². The summed E-state index contributed by atoms with van der Waals surface area (Å²) in [5.74, 6) is -0.234. The number of carbonyl (C=O) groups excluding carboxylic acids is 1. The third-order valence-corrected chi connectivity index (χ3v) is 5.58. The highest BCUT2D eigenvalue weighted by Crippen LogP contribution is 2.21. The first-order valence-electron chi connectivity index (χ1n) is 11.4. The molecule has 1 N–H and O–H groups in total. The number of hydrogen-bond acceptors (Lipinski definition) is 5. The van der Waals surface area contributed by atoms with E-state index in [0.717, 1.165) is 31.6 Å². The molecule has 1 aliphatic heterocycles. The Morgan fingerprint density at radius 1 is 1.30 bits per heavy atom. The molecule has 1 aromatic rings. The number of ether oxygens (including phenoxy) is 2. The van der Waals surface area contributed by atoms with Gasteiger partial charge in [0.2, 0.25) is 0 Å². The SMILES string of the molecule is C=C(/C=C\C(C)=C\CN(CC)CCC1COCC(=O)N(c2ccc(C(=O)O)cc2)C1)OCC. The van der Waals surface area contributed by atoms with E-state index in [4.69, 9.17) is 14.6 Å². The van der Waals surface area contributed by atoms with Crippen LogP contribution in [0.2, 0.25) is 0 Å². The van der Waals surface area contributed by atoms with Crippen LogP contribution in [0.3, 0.4) is 0 Å². The van der Waals surface area contributed by atoms with Gasteiger partial charge in [0.05, 0.1) is 18.8 Å². The van der Waals surface area contributed by atoms with Gasteiger partial charge in [-0.05, 0) is 63.7 Å². The average Bonchev–Trinajstić information content (AvgIpc) is 2.99. The van der Waals surface area contributed by atoms with E-state index in [0.29, 0.717) is 31.2 Å². The van der Waals surface area contributed by atoms with Crippen molar-refractivity contribution >= 4 is 17.6 Å². The van der Waals surface area contributed by atoms with Crippen LogP contribution < -0.4 is 4.90 Å². The zero-order valence-electron chi connectivity index (χ0n) is 20.0. The van der Waals surface area contributed by atoms with E-state index in [1.54, 1.807) is 17.0 Å². The Bertz CT molecular complexity index is 860. The first-order valence-corrected chi connectivity index (χ1v) is 11.4. The summed E-state index contributed by atoms with van der Waals surface area (Å²) in [7, 11) is 0. The van der Waals surface area contributed by atoms with Crippen LogP contribution in [0, 0.1) is 5.92 Å². The third kappa shape index (κ3) is 8.86. The lowest BCUT2D eigenvalue weighted by atomic mass is 10.0. The molecular weight excluding hydrogens is 420 g/mol. The van der Waals surface area contributed by atoms with Crippen molar-refractivity contribution in [1.29, 1.82) is 0 Å². The fourth-order valence-corrected chi connectivity index (χ4v) is 3.55. The lowest BCUT2D eigenvalue weighted by Gasteiger charge is -2.26. The summed E-state index contributed by atoms with van der Waals surface area (Å²) in [6.45, 7) is 14.4. The van der Waals surface area contributed by atoms with Crippen molar-refractivity contribution in [3.8, 4) is 0 Å². The number of nitrogens with zero attached hydrogens (tertiary/aromatic N) is 2. The Labute approximate surface area is 197 Å². The van der Waals surface area contributed by atoms with Gasteiger partial charge in [-0.3, -0.25) is 9.69 Å². The van der Waals surface area contributed by atoms with E-state index in [1.165, 1.54) is 12.1 Å². The molecule has 0 radical (unpaired) electrons. The predicted molar refractivity (Wildman–Crippen MR) is 130 cm³/mol. The highest BCUT2D eigenvalue weighted by Gasteiger charge is 2.25. The summed E-state index contributed by atoms with van der Waals surface area (Å²) >= 11 is 0. The molecule has 180 valence electrons. The van der Waals surface area contributed by atoms with Gasteiger partial charge in [0.1, 0.15) is 12.4 Å². The van der Waals surface area contributed by atoms with E-state index in [2.05, 4.69) is 31.4 Å². The molecule has 7 nitrogen and oxygen atoms in total. The Kier molecular flexibility index (Phi) is 10.9. The van der Waals surface area contributed by atoms with Gasteiger partial charge >= 0.3 is 5.97 Å². The van der Waals surface area contributed by atoms with Crippen LogP contribution in [-0.2, 0) is 14.3 Å². The first-order chi connectivity index (χ1) is 15.8. The predicted octanol–water partition coefficient (Wildman–Crippen LogP) is 4.13. The van der Waals surface area contributed by atoms with Crippen molar-refractivity contribution in [3.63, 3.8) is 0 Å². The van der Waals surface area contributed by atoms with Crippen LogP contribution in [-0.4, -0.2) is 67.9 Å². The second-order valence-electron chi connectivity index (χ2n) is 8.10. The number of carboxylic acid groups (broad SMARTS) is 1. The number of aromatic carboxylic acids is 1. The van der Waals surface area contributed by atoms with Gasteiger partial charge in [0.25, 0.3) is 5.91 Å². The van der Waals surface area contributed by atoms with Crippen molar-refractivity contribution in [2.24, 2.45) is 5.92 Å². The summed E-state index contributed by atoms with van der Waals surface area (Å²) < 4.78 is 11.0. The topological polar surface area (TPSA) is 79.3 Å². The van der Waals surface area contributed by atoms with Crippen LogP contribution in [0.4, 0.5) is 5.69 Å². The van der Waals surface area contributed by atoms with Gasteiger partial charge in [-0.2, -0.15) is 0 Å². The molecular formula is C26H36N2O5. The molecule has 1 saturated heterocycles. The fraction of sp³-hybridized carbons (Fsp3) is 0.462. The number of carbonyl (C=O) groups is 2. The Hall–Kier alpha value is -2.90. The smallest absolute Gasteiger partial charge is 0.335 e. The standard InChI is InChI=1S/C26H36N2O5/c1-5-27(15-13-20(3)7-8-21(4)33-6-2)16-14-22-17-28(25(29)19-32-18-22)24-11-9-23(10-12-24)26(30)31/h7-13,22H,4-6,14-19H2,1-3H3,(H,30,31)/b8-7-,20-13+. The van der Waals surface area contributed by atoms with Crippen molar-refractivity contribution in [3.05, 3.63) is 66.0 Å². The van der Waals surface area contributed by atoms with Gasteiger partial charge in [-0.1, -0.05) is 31.2 Å². The number of benzene rings is 1. The summed E-state index contributed by atoms with van der Waals surface area (Å²) in [6, 6.07) is 6.42. The number of allylic oxidation sites excluding steroid dienone is 3. The Morgan fingerprint density at radius 3 is 2.67 bits per heavy atom. The molecule has 1 heterocycles. The molecule has 0 aromatic heterocycles. The summed E-state index contributed by atoms with van der Waals surface area (Å²) in [4.78, 5) is 27.7. The second kappa shape index (κ2) is 13.6. The molecule has 1 unspecified atom stereocenters. The van der Waals surface area contributed by atoms with E-state index in [1.807, 2.05) is 19.1 Å². The largest absolute Gasteiger partial charge is 0.495 e. The van der Waals surface area contributed by atoms with Crippen molar-refractivity contribution < 1.29 is 24.2 Å². The molecule has 2 rings (SSSR count). The van der Waals surface area contributed by atoms with Gasteiger partial charge in [0.15, 0.2) is 0 Å². The van der Waals surface area contributed by atoms with Crippen LogP contribution in [0.5, 0.6) is 0 Å². The normalized spacial score (nSPS) is 17.5. The number of rotatable bonds is 12. The van der Waals surface area contributed by atoms with Gasteiger partial charge in [-0.25, -0.2) is 4.79 Å². The Balaban J connectivity index is 1.93.